The van der Waals surface area contributed by atoms with Gasteiger partial charge in [0, 0.05) is 18.6 Å². The van der Waals surface area contributed by atoms with Gasteiger partial charge in [0.25, 0.3) is 0 Å². The number of nitrogens with one attached hydrogen (secondary N) is 2. The van der Waals surface area contributed by atoms with Crippen molar-refractivity contribution < 1.29 is 14.3 Å². The number of thiazole rings is 1. The molecule has 1 aromatic carbocycles. The van der Waals surface area contributed by atoms with Gasteiger partial charge >= 0.3 is 6.09 Å². The fourth-order valence-corrected chi connectivity index (χ4v) is 4.52. The molecule has 3 aromatic heterocycles. The third kappa shape index (κ3) is 5.44. The zero-order valence-corrected chi connectivity index (χ0v) is 19.7. The Morgan fingerprint density at radius 3 is 2.84 bits per heavy atom. The number of benzene rings is 1. The molecular weight excluding hydrogens is 450 g/mol. The highest BCUT2D eigenvalue weighted by Gasteiger charge is 2.18. The van der Waals surface area contributed by atoms with Crippen LogP contribution in [0.2, 0.25) is 0 Å². The van der Waals surface area contributed by atoms with Crippen molar-refractivity contribution in [2.75, 3.05) is 30.9 Å². The Bertz CT molecular complexity index is 1250. The maximum Gasteiger partial charge on any atom is 0.413 e. The first-order chi connectivity index (χ1) is 15.3. The lowest BCUT2D eigenvalue weighted by atomic mass is 10.2. The summed E-state index contributed by atoms with van der Waals surface area (Å²) in [5.74, 6) is 0.715. The van der Waals surface area contributed by atoms with E-state index in [0.717, 1.165) is 15.1 Å². The van der Waals surface area contributed by atoms with Crippen LogP contribution in [0.1, 0.15) is 20.8 Å². The molecule has 3 heterocycles. The van der Waals surface area contributed by atoms with Gasteiger partial charge in [-0.15, -0.1) is 15.3 Å². The Kier molecular flexibility index (Phi) is 6.44. The Hall–Kier alpha value is -2.96. The van der Waals surface area contributed by atoms with Crippen LogP contribution in [0.4, 0.5) is 15.7 Å². The summed E-state index contributed by atoms with van der Waals surface area (Å²) in [5.41, 5.74) is 0.880. The van der Waals surface area contributed by atoms with E-state index in [9.17, 15) is 4.79 Å². The summed E-state index contributed by atoms with van der Waals surface area (Å²) in [4.78, 5) is 17.4. The number of carbonyl (C=O) groups excluding carboxylic acids is 1. The van der Waals surface area contributed by atoms with Crippen molar-refractivity contribution in [3.05, 3.63) is 30.3 Å². The van der Waals surface area contributed by atoms with Gasteiger partial charge in [0.2, 0.25) is 5.16 Å². The first kappa shape index (κ1) is 22.2. The Morgan fingerprint density at radius 2 is 2.06 bits per heavy atom. The van der Waals surface area contributed by atoms with Crippen LogP contribution in [0.25, 0.3) is 15.9 Å². The molecule has 12 heteroatoms. The van der Waals surface area contributed by atoms with Gasteiger partial charge in [0.05, 0.1) is 16.8 Å². The van der Waals surface area contributed by atoms with Crippen molar-refractivity contribution in [3.8, 4) is 0 Å². The van der Waals surface area contributed by atoms with Crippen LogP contribution >= 0.6 is 23.1 Å². The van der Waals surface area contributed by atoms with E-state index in [0.29, 0.717) is 34.9 Å². The second kappa shape index (κ2) is 9.27. The van der Waals surface area contributed by atoms with Crippen LogP contribution in [-0.4, -0.2) is 56.8 Å². The van der Waals surface area contributed by atoms with Gasteiger partial charge < -0.3 is 14.8 Å². The van der Waals surface area contributed by atoms with E-state index in [1.807, 2.05) is 51.1 Å². The molecule has 0 unspecified atom stereocenters. The second-order valence-electron chi connectivity index (χ2n) is 7.77. The van der Waals surface area contributed by atoms with E-state index in [4.69, 9.17) is 9.47 Å². The topological polar surface area (TPSA) is 116 Å². The summed E-state index contributed by atoms with van der Waals surface area (Å²) in [6.07, 6.45) is -0.526. The number of fused-ring (bicyclic) bond motifs is 2. The van der Waals surface area contributed by atoms with Gasteiger partial charge in [0.15, 0.2) is 10.8 Å². The molecule has 0 spiro atoms. The summed E-state index contributed by atoms with van der Waals surface area (Å²) in [6.45, 7) is 6.69. The summed E-state index contributed by atoms with van der Waals surface area (Å²) < 4.78 is 13.0. The molecule has 0 radical (unpaired) electrons. The van der Waals surface area contributed by atoms with Crippen molar-refractivity contribution in [2.24, 2.45) is 0 Å². The Balaban J connectivity index is 1.51. The smallest absolute Gasteiger partial charge is 0.413 e. The van der Waals surface area contributed by atoms with Crippen molar-refractivity contribution >= 4 is 56.0 Å². The van der Waals surface area contributed by atoms with Gasteiger partial charge in [-0.1, -0.05) is 11.3 Å². The minimum atomic E-state index is -0.571. The Labute approximate surface area is 192 Å². The molecule has 0 aliphatic carbocycles. The zero-order valence-electron chi connectivity index (χ0n) is 18.1. The number of anilines is 2. The number of hydrogen-bond donors (Lipinski definition) is 2. The molecule has 0 bridgehead atoms. The van der Waals surface area contributed by atoms with Crippen LogP contribution in [0.5, 0.6) is 0 Å². The molecule has 168 valence electrons. The predicted molar refractivity (Wildman–Crippen MR) is 125 cm³/mol. The summed E-state index contributed by atoms with van der Waals surface area (Å²) in [7, 11) is 1.66. The lowest BCUT2D eigenvalue weighted by Gasteiger charge is -2.18. The second-order valence-corrected chi connectivity index (χ2v) is 9.84. The highest BCUT2D eigenvalue weighted by molar-refractivity contribution is 7.99. The van der Waals surface area contributed by atoms with Crippen molar-refractivity contribution in [1.29, 1.82) is 0 Å². The molecule has 0 aliphatic rings. The molecule has 10 nitrogen and oxygen atoms in total. The first-order valence-electron chi connectivity index (χ1n) is 9.84. The van der Waals surface area contributed by atoms with E-state index in [-0.39, 0.29) is 0 Å². The van der Waals surface area contributed by atoms with E-state index in [1.165, 1.54) is 23.1 Å². The summed E-state index contributed by atoms with van der Waals surface area (Å²) in [6, 6.07) is 9.57. The average molecular weight is 474 g/mol. The minimum Gasteiger partial charge on any atom is -0.444 e. The number of methoxy groups -OCH3 is 1. The van der Waals surface area contributed by atoms with Crippen molar-refractivity contribution in [2.45, 2.75) is 36.4 Å². The fraction of sp³-hybridized carbons (Fsp3) is 0.350. The molecule has 2 N–H and O–H groups in total. The predicted octanol–water partition coefficient (Wildman–Crippen LogP) is 4.29. The lowest BCUT2D eigenvalue weighted by Crippen LogP contribution is -2.27. The van der Waals surface area contributed by atoms with Gasteiger partial charge in [0.1, 0.15) is 11.4 Å². The van der Waals surface area contributed by atoms with Crippen molar-refractivity contribution in [3.63, 3.8) is 0 Å². The summed E-state index contributed by atoms with van der Waals surface area (Å²) >= 11 is 2.83. The van der Waals surface area contributed by atoms with Crippen LogP contribution in [0.3, 0.4) is 0 Å². The molecule has 1 amide bonds. The minimum absolute atomic E-state index is 0.484. The third-order valence-electron chi connectivity index (χ3n) is 4.02. The number of hydrogen-bond acceptors (Lipinski definition) is 10. The van der Waals surface area contributed by atoms with Crippen LogP contribution in [0.15, 0.2) is 40.4 Å². The van der Waals surface area contributed by atoms with Gasteiger partial charge in [-0.05, 0) is 62.9 Å². The standard InChI is InChI=1S/C20H23N7O3S2/c1-20(2,3)30-19(28)23-17-22-13-6-5-12(11-14(13)32-17)31-18-25-24-16-8-7-15(26-27(16)18)21-9-10-29-4/h5-8,11H,9-10H2,1-4H3,(H,21,26)(H,22,23,28). The maximum atomic E-state index is 12.0. The number of aromatic nitrogens is 5. The molecule has 4 aromatic rings. The van der Waals surface area contributed by atoms with Crippen molar-refractivity contribution in [1.82, 2.24) is 24.8 Å². The lowest BCUT2D eigenvalue weighted by molar-refractivity contribution is 0.0636. The summed E-state index contributed by atoms with van der Waals surface area (Å²) in [5, 5.41) is 20.0. The molecule has 0 saturated heterocycles. The SMILES string of the molecule is COCCNc1ccc2nnc(Sc3ccc4nc(NC(=O)OC(C)(C)C)sc4c3)n2n1. The number of amides is 1. The molecule has 0 aliphatic heterocycles. The van der Waals surface area contributed by atoms with E-state index < -0.39 is 11.7 Å². The van der Waals surface area contributed by atoms with Crippen LogP contribution in [0, 0.1) is 0 Å². The number of rotatable bonds is 7. The number of carbonyl (C=O) groups is 1. The maximum absolute atomic E-state index is 12.0. The average Bonchev–Trinajstić information content (AvgIpc) is 3.29. The molecular formula is C20H23N7O3S2. The molecule has 32 heavy (non-hydrogen) atoms. The van der Waals surface area contributed by atoms with E-state index >= 15 is 0 Å². The van der Waals surface area contributed by atoms with Crippen LogP contribution in [-0.2, 0) is 9.47 Å². The van der Waals surface area contributed by atoms with Crippen LogP contribution < -0.4 is 10.6 Å². The van der Waals surface area contributed by atoms with Gasteiger partial charge in [-0.3, -0.25) is 5.32 Å². The van der Waals surface area contributed by atoms with Gasteiger partial charge in [-0.2, -0.15) is 4.52 Å². The largest absolute Gasteiger partial charge is 0.444 e. The first-order valence-corrected chi connectivity index (χ1v) is 11.5. The Morgan fingerprint density at radius 1 is 1.22 bits per heavy atom. The number of ether oxygens (including phenoxy) is 2. The highest BCUT2D eigenvalue weighted by Crippen LogP contribution is 2.33. The normalized spacial score (nSPS) is 11.8. The number of nitrogens with zero attached hydrogens (tertiary/aromatic N) is 5. The molecule has 0 fully saturated rings. The third-order valence-corrected chi connectivity index (χ3v) is 5.88. The molecule has 0 saturated carbocycles. The van der Waals surface area contributed by atoms with E-state index in [1.54, 1.807) is 11.6 Å². The molecule has 4 rings (SSSR count). The van der Waals surface area contributed by atoms with E-state index in [2.05, 4.69) is 30.9 Å². The monoisotopic (exact) mass is 473 g/mol. The fourth-order valence-electron chi connectivity index (χ4n) is 2.73. The zero-order chi connectivity index (χ0) is 22.7. The van der Waals surface area contributed by atoms with Gasteiger partial charge in [-0.25, -0.2) is 9.78 Å². The quantitative estimate of drug-likeness (QED) is 0.379. The highest BCUT2D eigenvalue weighted by atomic mass is 32.2. The molecule has 0 atom stereocenters.